The average molecular weight is 157 g/mol. The molecule has 11 heavy (non-hydrogen) atoms. The maximum atomic E-state index is 5.80. The molecule has 0 aromatic heterocycles. The van der Waals surface area contributed by atoms with E-state index in [4.69, 9.17) is 5.73 Å². The average Bonchev–Trinajstić information content (AvgIpc) is 2.08. The molecule has 68 valence electrons. The molecule has 0 radical (unpaired) electrons. The molecule has 1 nitrogen and oxygen atoms in total. The van der Waals surface area contributed by atoms with E-state index in [-0.39, 0.29) is 0 Å². The zero-order valence-electron chi connectivity index (χ0n) is 8.27. The van der Waals surface area contributed by atoms with Gasteiger partial charge in [0.2, 0.25) is 0 Å². The van der Waals surface area contributed by atoms with Gasteiger partial charge in [-0.3, -0.25) is 0 Å². The van der Waals surface area contributed by atoms with Gasteiger partial charge in [0.25, 0.3) is 0 Å². The number of nitrogens with two attached hydrogens (primary N) is 1. The van der Waals surface area contributed by atoms with E-state index in [0.29, 0.717) is 6.04 Å². The molecule has 1 rings (SSSR count). The van der Waals surface area contributed by atoms with Crippen molar-refractivity contribution in [3.8, 4) is 0 Å². The van der Waals surface area contributed by atoms with Crippen molar-refractivity contribution in [2.45, 2.75) is 58.9 Å². The van der Waals surface area contributed by atoms with E-state index in [1.54, 1.807) is 0 Å². The van der Waals surface area contributed by atoms with Gasteiger partial charge in [-0.05, 0) is 18.8 Å². The smallest absolute Gasteiger partial charge is 0.00414 e. The summed E-state index contributed by atoms with van der Waals surface area (Å²) in [5, 5.41) is 0. The molecule has 0 amide bonds. The van der Waals surface area contributed by atoms with Crippen molar-refractivity contribution in [3.63, 3.8) is 0 Å². The first-order valence-corrected chi connectivity index (χ1v) is 5.08. The summed E-state index contributed by atoms with van der Waals surface area (Å²) in [6.45, 7) is 6.27. The molecule has 1 fully saturated rings. The van der Waals surface area contributed by atoms with Crippen molar-refractivity contribution < 1.29 is 0 Å². The number of rotatable bonds is 1. The lowest BCUT2D eigenvalue weighted by Crippen LogP contribution is -2.27. The van der Waals surface area contributed by atoms with E-state index < -0.39 is 0 Å². The quantitative estimate of drug-likeness (QED) is 0.622. The van der Waals surface area contributed by atoms with Gasteiger partial charge in [0.15, 0.2) is 0 Å². The van der Waals surface area contributed by atoms with Crippen LogP contribution in [0.25, 0.3) is 0 Å². The molecule has 1 aliphatic rings. The van der Waals surface area contributed by atoms with Gasteiger partial charge in [-0.25, -0.2) is 0 Å². The highest BCUT2D eigenvalue weighted by Crippen LogP contribution is 2.24. The summed E-state index contributed by atoms with van der Waals surface area (Å²) in [5.74, 6) is 0.939. The lowest BCUT2D eigenvalue weighted by molar-refractivity contribution is 0.315. The lowest BCUT2D eigenvalue weighted by Gasteiger charge is -2.25. The summed E-state index contributed by atoms with van der Waals surface area (Å²) in [7, 11) is 0. The van der Waals surface area contributed by atoms with Crippen molar-refractivity contribution >= 4 is 0 Å². The van der Waals surface area contributed by atoms with Crippen molar-refractivity contribution in [1.29, 1.82) is 0 Å². The van der Waals surface area contributed by atoms with Crippen LogP contribution in [0.3, 0.4) is 0 Å². The topological polar surface area (TPSA) is 26.0 Å². The predicted molar refractivity (Wildman–Crippen MR) is 51.6 cm³/mol. The predicted octanol–water partition coefficient (Wildman–Crippen LogP) is 2.94. The van der Waals surface area contributed by atoms with Gasteiger partial charge in [-0.15, -0.1) is 0 Å². The SMILES string of the molecule is CC.CCC1CCCC(N)C1. The Bertz CT molecular complexity index is 80.9. The minimum absolute atomic E-state index is 0.517. The van der Waals surface area contributed by atoms with Crippen LogP contribution in [-0.2, 0) is 0 Å². The highest BCUT2D eigenvalue weighted by molar-refractivity contribution is 4.73. The zero-order valence-corrected chi connectivity index (χ0v) is 8.27. The third kappa shape index (κ3) is 4.41. The molecule has 0 saturated heterocycles. The Morgan fingerprint density at radius 2 is 1.91 bits per heavy atom. The van der Waals surface area contributed by atoms with Gasteiger partial charge < -0.3 is 5.73 Å². The molecule has 2 atom stereocenters. The zero-order chi connectivity index (χ0) is 8.69. The maximum Gasteiger partial charge on any atom is 0.00414 e. The molecule has 0 heterocycles. The molecule has 2 unspecified atom stereocenters. The Balaban J connectivity index is 0.000000461. The largest absolute Gasteiger partial charge is 0.328 e. The van der Waals surface area contributed by atoms with Crippen LogP contribution >= 0.6 is 0 Å². The molecule has 0 aromatic carbocycles. The van der Waals surface area contributed by atoms with E-state index in [9.17, 15) is 0 Å². The highest BCUT2D eigenvalue weighted by atomic mass is 14.6. The molecule has 0 spiro atoms. The van der Waals surface area contributed by atoms with Crippen molar-refractivity contribution in [1.82, 2.24) is 0 Å². The molecule has 1 saturated carbocycles. The molecule has 0 aromatic rings. The Morgan fingerprint density at radius 3 is 2.27 bits per heavy atom. The molecule has 0 bridgehead atoms. The van der Waals surface area contributed by atoms with E-state index in [1.165, 1.54) is 32.1 Å². The monoisotopic (exact) mass is 157 g/mol. The van der Waals surface area contributed by atoms with E-state index in [2.05, 4.69) is 6.92 Å². The summed E-state index contributed by atoms with van der Waals surface area (Å²) < 4.78 is 0. The van der Waals surface area contributed by atoms with Gasteiger partial charge in [0.1, 0.15) is 0 Å². The second kappa shape index (κ2) is 6.66. The fourth-order valence-electron chi connectivity index (χ4n) is 1.70. The second-order valence-corrected chi connectivity index (χ2v) is 3.20. The fourth-order valence-corrected chi connectivity index (χ4v) is 1.70. The Morgan fingerprint density at radius 1 is 1.27 bits per heavy atom. The third-order valence-electron chi connectivity index (χ3n) is 2.40. The molecule has 2 N–H and O–H groups in total. The Hall–Kier alpha value is -0.0400. The number of hydrogen-bond acceptors (Lipinski definition) is 1. The molecule has 1 aliphatic carbocycles. The third-order valence-corrected chi connectivity index (χ3v) is 2.40. The van der Waals surface area contributed by atoms with Crippen molar-refractivity contribution in [3.05, 3.63) is 0 Å². The molecule has 1 heteroatoms. The van der Waals surface area contributed by atoms with Gasteiger partial charge in [-0.1, -0.05) is 40.0 Å². The van der Waals surface area contributed by atoms with Crippen LogP contribution in [0.5, 0.6) is 0 Å². The summed E-state index contributed by atoms with van der Waals surface area (Å²) in [6.07, 6.45) is 6.64. The van der Waals surface area contributed by atoms with Crippen LogP contribution < -0.4 is 5.73 Å². The first kappa shape index (κ1) is 11.0. The fraction of sp³-hybridized carbons (Fsp3) is 1.00. The van der Waals surface area contributed by atoms with Gasteiger partial charge in [-0.2, -0.15) is 0 Å². The molecule has 0 aliphatic heterocycles. The summed E-state index contributed by atoms with van der Waals surface area (Å²) in [5.41, 5.74) is 5.80. The van der Waals surface area contributed by atoms with Crippen LogP contribution in [0, 0.1) is 5.92 Å². The minimum atomic E-state index is 0.517. The second-order valence-electron chi connectivity index (χ2n) is 3.20. The van der Waals surface area contributed by atoms with Crippen LogP contribution in [-0.4, -0.2) is 6.04 Å². The minimum Gasteiger partial charge on any atom is -0.328 e. The standard InChI is InChI=1S/C8H17N.C2H6/c1-2-7-4-3-5-8(9)6-7;1-2/h7-8H,2-6,9H2,1H3;1-2H3. The van der Waals surface area contributed by atoms with Crippen molar-refractivity contribution in [2.75, 3.05) is 0 Å². The molecular weight excluding hydrogens is 134 g/mol. The lowest BCUT2D eigenvalue weighted by atomic mass is 9.85. The van der Waals surface area contributed by atoms with Gasteiger partial charge >= 0.3 is 0 Å². The van der Waals surface area contributed by atoms with Crippen LogP contribution in [0.2, 0.25) is 0 Å². The maximum absolute atomic E-state index is 5.80. The summed E-state index contributed by atoms with van der Waals surface area (Å²) in [6, 6.07) is 0.517. The van der Waals surface area contributed by atoms with Crippen molar-refractivity contribution in [2.24, 2.45) is 11.7 Å². The summed E-state index contributed by atoms with van der Waals surface area (Å²) >= 11 is 0. The van der Waals surface area contributed by atoms with Gasteiger partial charge in [0.05, 0.1) is 0 Å². The van der Waals surface area contributed by atoms with E-state index in [0.717, 1.165) is 5.92 Å². The summed E-state index contributed by atoms with van der Waals surface area (Å²) in [4.78, 5) is 0. The molecular formula is C10H23N. The highest BCUT2D eigenvalue weighted by Gasteiger charge is 2.16. The van der Waals surface area contributed by atoms with Crippen LogP contribution in [0.4, 0.5) is 0 Å². The van der Waals surface area contributed by atoms with Crippen LogP contribution in [0.15, 0.2) is 0 Å². The van der Waals surface area contributed by atoms with E-state index >= 15 is 0 Å². The van der Waals surface area contributed by atoms with Crippen LogP contribution in [0.1, 0.15) is 52.9 Å². The first-order valence-electron chi connectivity index (χ1n) is 5.08. The normalized spacial score (nSPS) is 30.5. The van der Waals surface area contributed by atoms with E-state index in [1.807, 2.05) is 13.8 Å². The Kier molecular flexibility index (Phi) is 6.63. The first-order chi connectivity index (χ1) is 5.33. The Labute approximate surface area is 71.4 Å². The number of hydrogen-bond donors (Lipinski definition) is 1. The van der Waals surface area contributed by atoms with Gasteiger partial charge in [0, 0.05) is 6.04 Å².